The van der Waals surface area contributed by atoms with Gasteiger partial charge in [-0.2, -0.15) is 0 Å². The molecule has 0 spiro atoms. The molecule has 1 unspecified atom stereocenters. The summed E-state index contributed by atoms with van der Waals surface area (Å²) in [7, 11) is 0. The van der Waals surface area contributed by atoms with Crippen molar-refractivity contribution in [2.75, 3.05) is 41.7 Å². The molecule has 1 aliphatic carbocycles. The van der Waals surface area contributed by atoms with Crippen LogP contribution in [0.25, 0.3) is 0 Å². The summed E-state index contributed by atoms with van der Waals surface area (Å²) in [6, 6.07) is 22.2. The summed E-state index contributed by atoms with van der Waals surface area (Å²) < 4.78 is 11.3. The summed E-state index contributed by atoms with van der Waals surface area (Å²) in [5.74, 6) is 0.609. The molecule has 246 valence electrons. The van der Waals surface area contributed by atoms with E-state index in [0.717, 1.165) is 54.3 Å². The molecule has 0 bridgehead atoms. The second-order valence-corrected chi connectivity index (χ2v) is 12.1. The first-order chi connectivity index (χ1) is 22.9. The number of amides is 6. The van der Waals surface area contributed by atoms with Gasteiger partial charge in [-0.1, -0.05) is 30.3 Å². The fraction of sp³-hybridized carbons (Fsp3) is 0.371. The quantitative estimate of drug-likeness (QED) is 0.235. The van der Waals surface area contributed by atoms with Crippen LogP contribution in [0.2, 0.25) is 0 Å². The lowest BCUT2D eigenvalue weighted by molar-refractivity contribution is -0.124. The van der Waals surface area contributed by atoms with Crippen molar-refractivity contribution in [3.8, 4) is 5.75 Å². The van der Waals surface area contributed by atoms with Crippen LogP contribution in [0.5, 0.6) is 5.75 Å². The molecule has 3 aromatic carbocycles. The van der Waals surface area contributed by atoms with E-state index in [1.165, 1.54) is 12.8 Å². The summed E-state index contributed by atoms with van der Waals surface area (Å²) in [5.41, 5.74) is 3.15. The normalized spacial score (nSPS) is 19.3. The van der Waals surface area contributed by atoms with Crippen LogP contribution >= 0.6 is 0 Å². The van der Waals surface area contributed by atoms with Crippen LogP contribution in [0.1, 0.15) is 37.7 Å². The van der Waals surface area contributed by atoms with E-state index in [2.05, 4.69) is 26.2 Å². The highest BCUT2D eigenvalue weighted by atomic mass is 16.6. The third-order valence-corrected chi connectivity index (χ3v) is 8.74. The number of nitrogens with one attached hydrogen (secondary N) is 4. The van der Waals surface area contributed by atoms with Crippen LogP contribution in [0.15, 0.2) is 78.9 Å². The van der Waals surface area contributed by atoms with Crippen molar-refractivity contribution >= 4 is 41.1 Å². The number of rotatable bonds is 10. The first-order valence-corrected chi connectivity index (χ1v) is 16.2. The minimum Gasteiger partial charge on any atom is -0.490 e. The van der Waals surface area contributed by atoms with Gasteiger partial charge in [0.1, 0.15) is 18.4 Å². The van der Waals surface area contributed by atoms with E-state index in [-0.39, 0.29) is 31.2 Å². The van der Waals surface area contributed by atoms with E-state index in [1.807, 2.05) is 78.9 Å². The molecule has 2 saturated heterocycles. The van der Waals surface area contributed by atoms with Crippen molar-refractivity contribution in [2.45, 2.75) is 50.9 Å². The van der Waals surface area contributed by atoms with E-state index >= 15 is 0 Å². The van der Waals surface area contributed by atoms with Crippen LogP contribution < -0.4 is 30.9 Å². The van der Waals surface area contributed by atoms with Crippen molar-refractivity contribution in [1.82, 2.24) is 15.5 Å². The summed E-state index contributed by atoms with van der Waals surface area (Å²) in [6.07, 6.45) is 4.92. The SMILES string of the molecule is O=C(Nc1ccc(OC2CCCC2)cc1)Nc1ccc(N2CCC(CNC(=O)[C@@H]3CNC(=O)N3C(=O)OCc3ccccc3)C2)cc1. The van der Waals surface area contributed by atoms with Gasteiger partial charge in [-0.3, -0.25) is 4.79 Å². The Bertz CT molecular complexity index is 1540. The molecule has 0 aromatic heterocycles. The van der Waals surface area contributed by atoms with Crippen molar-refractivity contribution < 1.29 is 28.7 Å². The first kappa shape index (κ1) is 31.7. The van der Waals surface area contributed by atoms with Crippen molar-refractivity contribution in [3.63, 3.8) is 0 Å². The Kier molecular flexibility index (Phi) is 10.0. The number of nitrogens with zero attached hydrogens (tertiary/aromatic N) is 2. The molecule has 1 saturated carbocycles. The number of anilines is 3. The molecular weight excluding hydrogens is 600 g/mol. The summed E-state index contributed by atoms with van der Waals surface area (Å²) in [5, 5.41) is 11.2. The van der Waals surface area contributed by atoms with E-state index < -0.39 is 24.1 Å². The number of carbonyl (C=O) groups is 4. The van der Waals surface area contributed by atoms with Gasteiger partial charge in [-0.05, 0) is 92.1 Å². The number of hydrogen-bond donors (Lipinski definition) is 4. The van der Waals surface area contributed by atoms with Gasteiger partial charge in [0.2, 0.25) is 5.91 Å². The molecule has 2 aliphatic heterocycles. The maximum absolute atomic E-state index is 13.0. The van der Waals surface area contributed by atoms with E-state index in [0.29, 0.717) is 17.9 Å². The zero-order valence-electron chi connectivity index (χ0n) is 26.2. The van der Waals surface area contributed by atoms with Gasteiger partial charge in [-0.15, -0.1) is 0 Å². The highest BCUT2D eigenvalue weighted by Gasteiger charge is 2.41. The Balaban J connectivity index is 0.926. The zero-order chi connectivity index (χ0) is 32.6. The van der Waals surface area contributed by atoms with Gasteiger partial charge < -0.3 is 35.6 Å². The topological polar surface area (TPSA) is 141 Å². The van der Waals surface area contributed by atoms with Crippen LogP contribution in [0, 0.1) is 5.92 Å². The third kappa shape index (κ3) is 8.32. The maximum Gasteiger partial charge on any atom is 0.419 e. The molecule has 6 amide bonds. The van der Waals surface area contributed by atoms with Crippen LogP contribution in [-0.2, 0) is 16.1 Å². The van der Waals surface area contributed by atoms with Crippen LogP contribution in [-0.4, -0.2) is 67.3 Å². The molecule has 0 radical (unpaired) electrons. The molecule has 12 heteroatoms. The lowest BCUT2D eigenvalue weighted by Crippen LogP contribution is -2.49. The summed E-state index contributed by atoms with van der Waals surface area (Å²) >= 11 is 0. The molecule has 6 rings (SSSR count). The van der Waals surface area contributed by atoms with Gasteiger partial charge in [0.25, 0.3) is 0 Å². The fourth-order valence-corrected chi connectivity index (χ4v) is 6.17. The molecule has 3 fully saturated rings. The molecule has 3 aromatic rings. The molecule has 3 aliphatic rings. The van der Waals surface area contributed by atoms with Crippen molar-refractivity contribution in [1.29, 1.82) is 0 Å². The number of imide groups is 1. The predicted molar refractivity (Wildman–Crippen MR) is 177 cm³/mol. The lowest BCUT2D eigenvalue weighted by Gasteiger charge is -2.22. The number of hydrogen-bond acceptors (Lipinski definition) is 7. The molecule has 2 heterocycles. The van der Waals surface area contributed by atoms with Gasteiger partial charge in [0.05, 0.1) is 6.10 Å². The van der Waals surface area contributed by atoms with Gasteiger partial charge in [-0.25, -0.2) is 19.3 Å². The molecule has 4 N–H and O–H groups in total. The van der Waals surface area contributed by atoms with E-state index in [9.17, 15) is 19.2 Å². The average molecular weight is 641 g/mol. The Morgan fingerprint density at radius 3 is 2.23 bits per heavy atom. The van der Waals surface area contributed by atoms with Crippen LogP contribution in [0.3, 0.4) is 0 Å². The number of urea groups is 2. The first-order valence-electron chi connectivity index (χ1n) is 16.2. The lowest BCUT2D eigenvalue weighted by atomic mass is 10.1. The smallest absolute Gasteiger partial charge is 0.419 e. The summed E-state index contributed by atoms with van der Waals surface area (Å²) in [4.78, 5) is 53.6. The minimum absolute atomic E-state index is 0.00476. The highest BCUT2D eigenvalue weighted by Crippen LogP contribution is 2.27. The Hall–Kier alpha value is -5.26. The molecular formula is C35H40N6O6. The highest BCUT2D eigenvalue weighted by molar-refractivity contribution is 6.00. The molecule has 2 atom stereocenters. The maximum atomic E-state index is 13.0. The second kappa shape index (κ2) is 14.9. The molecule has 47 heavy (non-hydrogen) atoms. The van der Waals surface area contributed by atoms with Crippen molar-refractivity contribution in [3.05, 3.63) is 84.4 Å². The second-order valence-electron chi connectivity index (χ2n) is 12.1. The minimum atomic E-state index is -0.976. The number of carbonyl (C=O) groups excluding carboxylic acids is 4. The standard InChI is InChI=1S/C35H40N6O6/c42-32(31-21-37-34(44)41(31)35(45)46-23-24-6-2-1-3-7-24)36-20-25-18-19-40(22-25)28-14-10-26(11-15-28)38-33(43)39-27-12-16-30(17-13-27)47-29-8-4-5-9-29/h1-3,6-7,10-17,25,29,31H,4-5,8-9,18-23H2,(H,36,42)(H,37,44)(H2,38,39,43)/t25?,31-/m0/s1. The predicted octanol–water partition coefficient (Wildman–Crippen LogP) is 5.33. The largest absolute Gasteiger partial charge is 0.490 e. The van der Waals surface area contributed by atoms with Crippen molar-refractivity contribution in [2.24, 2.45) is 5.92 Å². The van der Waals surface area contributed by atoms with Gasteiger partial charge in [0, 0.05) is 43.2 Å². The average Bonchev–Trinajstić information content (AvgIpc) is 3.86. The number of benzene rings is 3. The number of ether oxygens (including phenoxy) is 2. The molecule has 12 nitrogen and oxygen atoms in total. The Morgan fingerprint density at radius 2 is 1.53 bits per heavy atom. The van der Waals surface area contributed by atoms with Gasteiger partial charge in [0.15, 0.2) is 0 Å². The van der Waals surface area contributed by atoms with Gasteiger partial charge >= 0.3 is 18.2 Å². The third-order valence-electron chi connectivity index (χ3n) is 8.74. The monoisotopic (exact) mass is 640 g/mol. The zero-order valence-corrected chi connectivity index (χ0v) is 26.2. The summed E-state index contributed by atoms with van der Waals surface area (Å²) in [6.45, 7) is 2.00. The Labute approximate surface area is 273 Å². The Morgan fingerprint density at radius 1 is 0.851 bits per heavy atom. The van der Waals surface area contributed by atoms with E-state index in [1.54, 1.807) is 0 Å². The van der Waals surface area contributed by atoms with Crippen LogP contribution in [0.4, 0.5) is 31.4 Å². The van der Waals surface area contributed by atoms with E-state index in [4.69, 9.17) is 9.47 Å². The fourth-order valence-electron chi connectivity index (χ4n) is 6.17.